The first-order valence-electron chi connectivity index (χ1n) is 9.48. The van der Waals surface area contributed by atoms with Crippen molar-refractivity contribution in [3.8, 4) is 0 Å². The van der Waals surface area contributed by atoms with Crippen molar-refractivity contribution in [3.05, 3.63) is 35.4 Å². The van der Waals surface area contributed by atoms with Crippen molar-refractivity contribution in [3.63, 3.8) is 0 Å². The van der Waals surface area contributed by atoms with Crippen LogP contribution in [0.4, 0.5) is 0 Å². The molecular formula is C20H35N3O3. The van der Waals surface area contributed by atoms with Gasteiger partial charge in [-0.2, -0.15) is 0 Å². The zero-order valence-corrected chi connectivity index (χ0v) is 16.4. The van der Waals surface area contributed by atoms with Gasteiger partial charge in [-0.15, -0.1) is 0 Å². The average Bonchev–Trinajstić information content (AvgIpc) is 2.70. The molecule has 6 nitrogen and oxygen atoms in total. The topological polar surface area (TPSA) is 70.4 Å². The maximum absolute atomic E-state index is 9.88. The van der Waals surface area contributed by atoms with Crippen LogP contribution < -0.4 is 0 Å². The minimum Gasteiger partial charge on any atom is -0.381 e. The predicted molar refractivity (Wildman–Crippen MR) is 104 cm³/mol. The lowest BCUT2D eigenvalue weighted by Gasteiger charge is -2.33. The van der Waals surface area contributed by atoms with Crippen LogP contribution in [0.3, 0.4) is 0 Å². The number of hydrogen-bond acceptors (Lipinski definition) is 6. The van der Waals surface area contributed by atoms with Gasteiger partial charge >= 0.3 is 0 Å². The van der Waals surface area contributed by atoms with Crippen LogP contribution in [0.15, 0.2) is 24.3 Å². The molecule has 0 saturated carbocycles. The average molecular weight is 366 g/mol. The van der Waals surface area contributed by atoms with Crippen molar-refractivity contribution < 1.29 is 15.3 Å². The monoisotopic (exact) mass is 365 g/mol. The van der Waals surface area contributed by atoms with Gasteiger partial charge in [0.25, 0.3) is 0 Å². The van der Waals surface area contributed by atoms with Crippen LogP contribution in [-0.4, -0.2) is 89.0 Å². The fourth-order valence-corrected chi connectivity index (χ4v) is 3.41. The highest BCUT2D eigenvalue weighted by atomic mass is 16.3. The van der Waals surface area contributed by atoms with E-state index < -0.39 is 0 Å². The molecule has 0 amide bonds. The summed E-state index contributed by atoms with van der Waals surface area (Å²) < 4.78 is 0. The molecular weight excluding hydrogens is 330 g/mol. The predicted octanol–water partition coefficient (Wildman–Crippen LogP) is 0.664. The van der Waals surface area contributed by atoms with Gasteiger partial charge in [-0.05, 0) is 23.0 Å². The highest BCUT2D eigenvalue weighted by Gasteiger charge is 2.24. The van der Waals surface area contributed by atoms with Gasteiger partial charge in [0.15, 0.2) is 0 Å². The molecule has 26 heavy (non-hydrogen) atoms. The third-order valence-electron chi connectivity index (χ3n) is 5.29. The van der Waals surface area contributed by atoms with Gasteiger partial charge in [-0.3, -0.25) is 14.7 Å². The van der Waals surface area contributed by atoms with E-state index in [4.69, 9.17) is 0 Å². The van der Waals surface area contributed by atoms with Crippen molar-refractivity contribution in [2.24, 2.45) is 0 Å². The summed E-state index contributed by atoms with van der Waals surface area (Å²) in [5.74, 6) is 0. The number of aliphatic hydroxyl groups is 3. The third-order valence-corrected chi connectivity index (χ3v) is 5.29. The Balaban J connectivity index is 2.14. The smallest absolute Gasteiger partial charge is 0.0959 e. The summed E-state index contributed by atoms with van der Waals surface area (Å²) in [6, 6.07) is 8.83. The van der Waals surface area contributed by atoms with Crippen LogP contribution in [0.1, 0.15) is 31.9 Å². The number of hydrogen-bond donors (Lipinski definition) is 3. The van der Waals surface area contributed by atoms with Gasteiger partial charge in [0.2, 0.25) is 0 Å². The molecule has 1 aliphatic heterocycles. The minimum atomic E-state index is -0.0245. The molecule has 0 radical (unpaired) electrons. The molecule has 0 aliphatic carbocycles. The van der Waals surface area contributed by atoms with Crippen molar-refractivity contribution in [1.29, 1.82) is 0 Å². The van der Waals surface area contributed by atoms with Gasteiger partial charge in [0, 0.05) is 38.8 Å². The molecule has 1 fully saturated rings. The van der Waals surface area contributed by atoms with E-state index in [0.29, 0.717) is 32.7 Å². The Labute approximate surface area is 157 Å². The van der Waals surface area contributed by atoms with Gasteiger partial charge in [0.05, 0.1) is 20.2 Å². The fourth-order valence-electron chi connectivity index (χ4n) is 3.41. The van der Waals surface area contributed by atoms with Crippen LogP contribution in [-0.2, 0) is 11.8 Å². The second kappa shape index (κ2) is 9.78. The highest BCUT2D eigenvalue weighted by Crippen LogP contribution is 2.23. The minimum absolute atomic E-state index is 0.00251. The lowest BCUT2D eigenvalue weighted by Crippen LogP contribution is -2.46. The molecule has 1 unspecified atom stereocenters. The quantitative estimate of drug-likeness (QED) is 0.712. The summed E-state index contributed by atoms with van der Waals surface area (Å²) in [6.45, 7) is 10.1. The molecule has 0 bridgehead atoms. The van der Waals surface area contributed by atoms with E-state index in [1.54, 1.807) is 0 Å². The first kappa shape index (κ1) is 21.3. The fraction of sp³-hybridized carbons (Fsp3) is 0.700. The van der Waals surface area contributed by atoms with E-state index in [0.717, 1.165) is 6.42 Å². The molecule has 6 heteroatoms. The number of aliphatic hydroxyl groups excluding tert-OH is 3. The summed E-state index contributed by atoms with van der Waals surface area (Å²) in [5.41, 5.74) is 2.68. The number of rotatable bonds is 5. The summed E-state index contributed by atoms with van der Waals surface area (Å²) in [6.07, 6.45) is 0.820. The maximum atomic E-state index is 9.88. The first-order chi connectivity index (χ1) is 12.4. The summed E-state index contributed by atoms with van der Waals surface area (Å²) >= 11 is 0. The molecule has 1 aromatic carbocycles. The van der Waals surface area contributed by atoms with Gasteiger partial charge in [-0.1, -0.05) is 45.0 Å². The van der Waals surface area contributed by atoms with E-state index in [-0.39, 0.29) is 31.6 Å². The van der Waals surface area contributed by atoms with Gasteiger partial charge < -0.3 is 15.3 Å². The van der Waals surface area contributed by atoms with Crippen LogP contribution in [0.5, 0.6) is 0 Å². The normalized spacial score (nSPS) is 22.0. The van der Waals surface area contributed by atoms with E-state index in [1.807, 2.05) is 14.7 Å². The summed E-state index contributed by atoms with van der Waals surface area (Å²) in [7, 11) is 0. The van der Waals surface area contributed by atoms with Crippen molar-refractivity contribution in [1.82, 2.24) is 14.7 Å². The van der Waals surface area contributed by atoms with Crippen molar-refractivity contribution >= 4 is 0 Å². The molecule has 1 atom stereocenters. The number of nitrogens with zero attached hydrogens (tertiary/aromatic N) is 3. The Hall–Kier alpha value is -1.02. The molecule has 1 heterocycles. The Bertz CT molecular complexity index is 530. The van der Waals surface area contributed by atoms with E-state index >= 15 is 0 Å². The Kier molecular flexibility index (Phi) is 8.01. The van der Waals surface area contributed by atoms with Crippen LogP contribution in [0.25, 0.3) is 0 Å². The van der Waals surface area contributed by atoms with Crippen molar-refractivity contribution in [2.45, 2.75) is 38.6 Å². The zero-order chi connectivity index (χ0) is 19.2. The van der Waals surface area contributed by atoms with Gasteiger partial charge in [-0.25, -0.2) is 0 Å². The first-order valence-corrected chi connectivity index (χ1v) is 9.48. The molecule has 1 aromatic rings. The Morgan fingerprint density at radius 2 is 1.42 bits per heavy atom. The van der Waals surface area contributed by atoms with Crippen LogP contribution in [0.2, 0.25) is 0 Å². The highest BCUT2D eigenvalue weighted by molar-refractivity contribution is 5.28. The summed E-state index contributed by atoms with van der Waals surface area (Å²) in [4.78, 5) is 5.95. The van der Waals surface area contributed by atoms with E-state index in [1.165, 1.54) is 11.1 Å². The molecule has 0 aromatic heterocycles. The third kappa shape index (κ3) is 6.01. The van der Waals surface area contributed by atoms with Gasteiger partial charge in [0.1, 0.15) is 0 Å². The zero-order valence-electron chi connectivity index (χ0n) is 16.4. The molecule has 3 N–H and O–H groups in total. The molecule has 0 spiro atoms. The standard InChI is InChI=1S/C20H35N3O3/c1-20(2,3)18-6-4-17(5-7-18)12-19-13-22(15-25)9-8-21(14-24)10-11-23(19)16-26/h4-7,19,24-26H,8-16H2,1-3H3. The van der Waals surface area contributed by atoms with Crippen molar-refractivity contribution in [2.75, 3.05) is 52.9 Å². The second-order valence-corrected chi connectivity index (χ2v) is 8.24. The Morgan fingerprint density at radius 3 is 1.96 bits per heavy atom. The maximum Gasteiger partial charge on any atom is 0.0959 e. The lowest BCUT2D eigenvalue weighted by molar-refractivity contribution is 0.0328. The molecule has 148 valence electrons. The van der Waals surface area contributed by atoms with E-state index in [9.17, 15) is 15.3 Å². The van der Waals surface area contributed by atoms with Crippen LogP contribution in [0, 0.1) is 0 Å². The summed E-state index contributed by atoms with van der Waals surface area (Å²) in [5, 5.41) is 29.0. The second-order valence-electron chi connectivity index (χ2n) is 8.24. The Morgan fingerprint density at radius 1 is 0.846 bits per heavy atom. The SMILES string of the molecule is CC(C)(C)c1ccc(CC2CN(CO)CCN(CO)CCN2CO)cc1. The van der Waals surface area contributed by atoms with Crippen LogP contribution >= 0.6 is 0 Å². The number of benzene rings is 1. The van der Waals surface area contributed by atoms with E-state index in [2.05, 4.69) is 45.0 Å². The lowest BCUT2D eigenvalue weighted by atomic mass is 9.86. The molecule has 1 saturated heterocycles. The largest absolute Gasteiger partial charge is 0.381 e. The molecule has 1 aliphatic rings. The molecule has 2 rings (SSSR count).